The van der Waals surface area contributed by atoms with Gasteiger partial charge in [-0.3, -0.25) is 0 Å². The average Bonchev–Trinajstić information content (AvgIpc) is 2.62. The van der Waals surface area contributed by atoms with Crippen molar-refractivity contribution in [1.82, 2.24) is 9.97 Å². The molecule has 0 aliphatic carbocycles. The van der Waals surface area contributed by atoms with Gasteiger partial charge in [0.15, 0.2) is 0 Å². The maximum Gasteiger partial charge on any atom is 0.433 e. The SMILES string of the molecule is FC(F)(F)c1ccnc(N2CCCCCC2CCl)n1. The zero-order chi connectivity index (χ0) is 13.9. The van der Waals surface area contributed by atoms with Crippen molar-refractivity contribution in [3.8, 4) is 0 Å². The second-order valence-corrected chi connectivity index (χ2v) is 4.90. The van der Waals surface area contributed by atoms with Crippen molar-refractivity contribution in [3.05, 3.63) is 18.0 Å². The van der Waals surface area contributed by atoms with Gasteiger partial charge in [0.1, 0.15) is 5.69 Å². The van der Waals surface area contributed by atoms with E-state index in [0.717, 1.165) is 37.9 Å². The molecule has 0 saturated carbocycles. The minimum absolute atomic E-state index is 0.00708. The molecule has 2 rings (SSSR count). The minimum atomic E-state index is -4.44. The van der Waals surface area contributed by atoms with E-state index in [9.17, 15) is 13.2 Å². The summed E-state index contributed by atoms with van der Waals surface area (Å²) < 4.78 is 38.0. The summed E-state index contributed by atoms with van der Waals surface area (Å²) in [5.41, 5.74) is -0.907. The van der Waals surface area contributed by atoms with Crippen molar-refractivity contribution >= 4 is 17.5 Å². The Labute approximate surface area is 114 Å². The van der Waals surface area contributed by atoms with E-state index in [1.165, 1.54) is 0 Å². The molecule has 1 atom stereocenters. The molecule has 0 radical (unpaired) electrons. The highest BCUT2D eigenvalue weighted by Gasteiger charge is 2.34. The maximum atomic E-state index is 12.7. The molecule has 3 nitrogen and oxygen atoms in total. The molecule has 1 saturated heterocycles. The van der Waals surface area contributed by atoms with Gasteiger partial charge in [-0.05, 0) is 18.9 Å². The molecule has 1 aliphatic rings. The molecular formula is C12H15ClF3N3. The van der Waals surface area contributed by atoms with Crippen LogP contribution in [-0.2, 0) is 6.18 Å². The predicted molar refractivity (Wildman–Crippen MR) is 67.4 cm³/mol. The van der Waals surface area contributed by atoms with Crippen LogP contribution in [0, 0.1) is 0 Å². The minimum Gasteiger partial charge on any atom is -0.337 e. The Balaban J connectivity index is 2.28. The number of halogens is 4. The Bertz CT molecular complexity index is 425. The van der Waals surface area contributed by atoms with Gasteiger partial charge in [0.2, 0.25) is 5.95 Å². The van der Waals surface area contributed by atoms with Crippen LogP contribution < -0.4 is 4.90 Å². The van der Waals surface area contributed by atoms with Gasteiger partial charge >= 0.3 is 6.18 Å². The molecular weight excluding hydrogens is 279 g/mol. The molecule has 0 spiro atoms. The van der Waals surface area contributed by atoms with E-state index in [4.69, 9.17) is 11.6 Å². The molecule has 0 N–H and O–H groups in total. The summed E-state index contributed by atoms with van der Waals surface area (Å²) in [5, 5.41) is 0. The van der Waals surface area contributed by atoms with E-state index in [-0.39, 0.29) is 12.0 Å². The van der Waals surface area contributed by atoms with Crippen LogP contribution in [0.4, 0.5) is 19.1 Å². The first-order valence-corrected chi connectivity index (χ1v) is 6.78. The molecule has 1 aromatic rings. The van der Waals surface area contributed by atoms with Crippen molar-refractivity contribution in [1.29, 1.82) is 0 Å². The van der Waals surface area contributed by atoms with Gasteiger partial charge in [-0.15, -0.1) is 11.6 Å². The summed E-state index contributed by atoms with van der Waals surface area (Å²) in [5.74, 6) is 0.502. The monoisotopic (exact) mass is 293 g/mol. The van der Waals surface area contributed by atoms with Crippen LogP contribution in [0.2, 0.25) is 0 Å². The van der Waals surface area contributed by atoms with Crippen molar-refractivity contribution in [2.75, 3.05) is 17.3 Å². The summed E-state index contributed by atoms with van der Waals surface area (Å²) in [4.78, 5) is 9.41. The highest BCUT2D eigenvalue weighted by molar-refractivity contribution is 6.18. The van der Waals surface area contributed by atoms with Crippen molar-refractivity contribution in [2.45, 2.75) is 37.9 Å². The Morgan fingerprint density at radius 3 is 2.79 bits per heavy atom. The molecule has 1 fully saturated rings. The van der Waals surface area contributed by atoms with Crippen LogP contribution in [0.15, 0.2) is 12.3 Å². The van der Waals surface area contributed by atoms with Crippen molar-refractivity contribution in [2.24, 2.45) is 0 Å². The second kappa shape index (κ2) is 5.94. The smallest absolute Gasteiger partial charge is 0.337 e. The zero-order valence-corrected chi connectivity index (χ0v) is 11.1. The van der Waals surface area contributed by atoms with E-state index < -0.39 is 11.9 Å². The molecule has 19 heavy (non-hydrogen) atoms. The molecule has 1 aliphatic heterocycles. The highest BCUT2D eigenvalue weighted by Crippen LogP contribution is 2.29. The fraction of sp³-hybridized carbons (Fsp3) is 0.667. The molecule has 106 valence electrons. The molecule has 7 heteroatoms. The number of rotatable bonds is 2. The van der Waals surface area contributed by atoms with E-state index in [0.29, 0.717) is 12.4 Å². The van der Waals surface area contributed by atoms with Gasteiger partial charge < -0.3 is 4.90 Å². The molecule has 2 heterocycles. The van der Waals surface area contributed by atoms with Crippen LogP contribution in [0.1, 0.15) is 31.4 Å². The number of nitrogens with zero attached hydrogens (tertiary/aromatic N) is 3. The number of anilines is 1. The number of alkyl halides is 4. The summed E-state index contributed by atoms with van der Waals surface area (Å²) in [6.07, 6.45) is 0.590. The standard InChI is InChI=1S/C12H15ClF3N3/c13-8-9-4-2-1-3-7-19(9)11-17-6-5-10(18-11)12(14,15)16/h5-6,9H,1-4,7-8H2. The Hall–Kier alpha value is -1.04. The van der Waals surface area contributed by atoms with Crippen LogP contribution >= 0.6 is 11.6 Å². The molecule has 1 unspecified atom stereocenters. The summed E-state index contributed by atoms with van der Waals surface area (Å²) >= 11 is 5.91. The van der Waals surface area contributed by atoms with Gasteiger partial charge in [0.05, 0.1) is 0 Å². The third-order valence-corrected chi connectivity index (χ3v) is 3.60. The lowest BCUT2D eigenvalue weighted by Gasteiger charge is -2.28. The third kappa shape index (κ3) is 3.49. The lowest BCUT2D eigenvalue weighted by molar-refractivity contribution is -0.141. The van der Waals surface area contributed by atoms with Crippen LogP contribution in [0.25, 0.3) is 0 Å². The van der Waals surface area contributed by atoms with Gasteiger partial charge in [-0.25, -0.2) is 9.97 Å². The molecule has 0 aromatic carbocycles. The Morgan fingerprint density at radius 1 is 1.32 bits per heavy atom. The lowest BCUT2D eigenvalue weighted by Crippen LogP contribution is -2.37. The molecule has 0 amide bonds. The van der Waals surface area contributed by atoms with Crippen LogP contribution in [0.3, 0.4) is 0 Å². The summed E-state index contributed by atoms with van der Waals surface area (Å²) in [6.45, 7) is 0.651. The van der Waals surface area contributed by atoms with E-state index in [1.807, 2.05) is 0 Å². The number of aromatic nitrogens is 2. The average molecular weight is 294 g/mol. The first-order chi connectivity index (χ1) is 9.02. The topological polar surface area (TPSA) is 29.0 Å². The van der Waals surface area contributed by atoms with Crippen LogP contribution in [-0.4, -0.2) is 28.4 Å². The van der Waals surface area contributed by atoms with Gasteiger partial charge in [-0.1, -0.05) is 12.8 Å². The number of hydrogen-bond donors (Lipinski definition) is 0. The highest BCUT2D eigenvalue weighted by atomic mass is 35.5. The van der Waals surface area contributed by atoms with E-state index in [1.54, 1.807) is 4.90 Å². The van der Waals surface area contributed by atoms with Gasteiger partial charge in [-0.2, -0.15) is 13.2 Å². The molecule has 1 aromatic heterocycles. The fourth-order valence-corrected chi connectivity index (χ4v) is 2.57. The van der Waals surface area contributed by atoms with Crippen molar-refractivity contribution < 1.29 is 13.2 Å². The Morgan fingerprint density at radius 2 is 2.11 bits per heavy atom. The number of hydrogen-bond acceptors (Lipinski definition) is 3. The van der Waals surface area contributed by atoms with E-state index in [2.05, 4.69) is 9.97 Å². The van der Waals surface area contributed by atoms with Gasteiger partial charge in [0, 0.05) is 24.7 Å². The second-order valence-electron chi connectivity index (χ2n) is 4.59. The normalized spacial score (nSPS) is 21.3. The van der Waals surface area contributed by atoms with Crippen LogP contribution in [0.5, 0.6) is 0 Å². The summed E-state index contributed by atoms with van der Waals surface area (Å²) in [6, 6.07) is 0.893. The molecule has 0 bridgehead atoms. The first kappa shape index (κ1) is 14.4. The maximum absolute atomic E-state index is 12.7. The first-order valence-electron chi connectivity index (χ1n) is 6.25. The Kier molecular flexibility index (Phi) is 4.50. The zero-order valence-electron chi connectivity index (χ0n) is 10.3. The lowest BCUT2D eigenvalue weighted by atomic mass is 10.1. The fourth-order valence-electron chi connectivity index (χ4n) is 2.25. The predicted octanol–water partition coefficient (Wildman–Crippen LogP) is 3.48. The van der Waals surface area contributed by atoms with E-state index >= 15 is 0 Å². The quantitative estimate of drug-likeness (QED) is 0.782. The van der Waals surface area contributed by atoms with Gasteiger partial charge in [0.25, 0.3) is 0 Å². The largest absolute Gasteiger partial charge is 0.433 e. The summed E-state index contributed by atoms with van der Waals surface area (Å²) in [7, 11) is 0. The van der Waals surface area contributed by atoms with Crippen molar-refractivity contribution in [3.63, 3.8) is 0 Å². The third-order valence-electron chi connectivity index (χ3n) is 3.25.